The van der Waals surface area contributed by atoms with E-state index in [4.69, 9.17) is 12.2 Å². The zero-order valence-electron chi connectivity index (χ0n) is 9.86. The lowest BCUT2D eigenvalue weighted by Gasteiger charge is -2.12. The molecule has 0 heterocycles. The van der Waals surface area contributed by atoms with E-state index in [0.29, 0.717) is 5.11 Å². The molecule has 0 saturated heterocycles. The number of nitrogens with one attached hydrogen (secondary N) is 3. The van der Waals surface area contributed by atoms with E-state index in [1.54, 1.807) is 0 Å². The molecule has 0 aliphatic heterocycles. The SMILES string of the molecule is CC(=O)NNC(=S)Nc1cccc2ccccc12. The van der Waals surface area contributed by atoms with Crippen molar-refractivity contribution in [2.75, 3.05) is 5.32 Å². The standard InChI is InChI=1S/C13H13N3OS/c1-9(17)15-16-13(18)14-12-8-4-6-10-5-2-3-7-11(10)12/h2-8H,1H3,(H,15,17)(H2,14,16,18). The fraction of sp³-hybridized carbons (Fsp3) is 0.0769. The van der Waals surface area contributed by atoms with Gasteiger partial charge in [0.2, 0.25) is 5.91 Å². The van der Waals surface area contributed by atoms with Gasteiger partial charge in [-0.25, -0.2) is 0 Å². The van der Waals surface area contributed by atoms with Gasteiger partial charge in [-0.05, 0) is 23.7 Å². The van der Waals surface area contributed by atoms with Gasteiger partial charge < -0.3 is 5.32 Å². The normalized spacial score (nSPS) is 9.83. The van der Waals surface area contributed by atoms with Crippen molar-refractivity contribution in [2.24, 2.45) is 0 Å². The molecule has 0 saturated carbocycles. The topological polar surface area (TPSA) is 53.2 Å². The molecular weight excluding hydrogens is 246 g/mol. The molecule has 92 valence electrons. The van der Waals surface area contributed by atoms with E-state index < -0.39 is 0 Å². The van der Waals surface area contributed by atoms with Crippen molar-refractivity contribution in [1.29, 1.82) is 0 Å². The van der Waals surface area contributed by atoms with Crippen molar-refractivity contribution in [3.05, 3.63) is 42.5 Å². The van der Waals surface area contributed by atoms with Crippen LogP contribution in [-0.4, -0.2) is 11.0 Å². The molecule has 0 aliphatic rings. The monoisotopic (exact) mass is 259 g/mol. The molecule has 3 N–H and O–H groups in total. The van der Waals surface area contributed by atoms with Crippen LogP contribution in [0.1, 0.15) is 6.92 Å². The Morgan fingerprint density at radius 1 is 1.06 bits per heavy atom. The Morgan fingerprint density at radius 3 is 2.56 bits per heavy atom. The maximum atomic E-state index is 10.8. The number of carbonyl (C=O) groups excluding carboxylic acids is 1. The van der Waals surface area contributed by atoms with Crippen molar-refractivity contribution in [3.8, 4) is 0 Å². The molecule has 0 bridgehead atoms. The number of amides is 1. The Balaban J connectivity index is 2.16. The molecule has 0 aromatic heterocycles. The number of fused-ring (bicyclic) bond motifs is 1. The first-order valence-electron chi connectivity index (χ1n) is 5.48. The van der Waals surface area contributed by atoms with E-state index in [9.17, 15) is 4.79 Å². The minimum absolute atomic E-state index is 0.197. The number of hydrogen-bond donors (Lipinski definition) is 3. The molecule has 2 aromatic rings. The predicted octanol–water partition coefficient (Wildman–Crippen LogP) is 2.18. The third kappa shape index (κ3) is 2.95. The largest absolute Gasteiger partial charge is 0.331 e. The highest BCUT2D eigenvalue weighted by Crippen LogP contribution is 2.22. The molecular formula is C13H13N3OS. The Morgan fingerprint density at radius 2 is 1.78 bits per heavy atom. The number of thiocarbonyl (C=S) groups is 1. The van der Waals surface area contributed by atoms with Crippen LogP contribution in [0, 0.1) is 0 Å². The highest BCUT2D eigenvalue weighted by molar-refractivity contribution is 7.80. The van der Waals surface area contributed by atoms with Gasteiger partial charge in [0.05, 0.1) is 0 Å². The molecule has 0 fully saturated rings. The van der Waals surface area contributed by atoms with Crippen LogP contribution in [0.4, 0.5) is 5.69 Å². The van der Waals surface area contributed by atoms with Crippen molar-refractivity contribution >= 4 is 39.7 Å². The molecule has 0 radical (unpaired) electrons. The Labute approximate surface area is 110 Å². The molecule has 0 unspecified atom stereocenters. The fourth-order valence-corrected chi connectivity index (χ4v) is 1.79. The summed E-state index contributed by atoms with van der Waals surface area (Å²) in [5.41, 5.74) is 5.94. The highest BCUT2D eigenvalue weighted by Gasteiger charge is 2.02. The zero-order chi connectivity index (χ0) is 13.0. The lowest BCUT2D eigenvalue weighted by atomic mass is 10.1. The van der Waals surface area contributed by atoms with Gasteiger partial charge in [-0.15, -0.1) is 0 Å². The molecule has 0 aliphatic carbocycles. The van der Waals surface area contributed by atoms with Gasteiger partial charge in [-0.3, -0.25) is 15.6 Å². The number of hydrogen-bond acceptors (Lipinski definition) is 2. The second kappa shape index (κ2) is 5.46. The van der Waals surface area contributed by atoms with Gasteiger partial charge >= 0.3 is 0 Å². The minimum atomic E-state index is -0.197. The average molecular weight is 259 g/mol. The third-order valence-electron chi connectivity index (χ3n) is 2.39. The Kier molecular flexibility index (Phi) is 3.74. The molecule has 2 rings (SSSR count). The second-order valence-electron chi connectivity index (χ2n) is 3.79. The van der Waals surface area contributed by atoms with Crippen LogP contribution in [0.5, 0.6) is 0 Å². The van der Waals surface area contributed by atoms with Crippen LogP contribution in [0.25, 0.3) is 10.8 Å². The van der Waals surface area contributed by atoms with Crippen LogP contribution in [0.15, 0.2) is 42.5 Å². The summed E-state index contributed by atoms with van der Waals surface area (Å²) >= 11 is 5.08. The van der Waals surface area contributed by atoms with Gasteiger partial charge in [0.1, 0.15) is 0 Å². The van der Waals surface area contributed by atoms with Crippen LogP contribution in [0.3, 0.4) is 0 Å². The number of rotatable bonds is 1. The summed E-state index contributed by atoms with van der Waals surface area (Å²) in [4.78, 5) is 10.8. The highest BCUT2D eigenvalue weighted by atomic mass is 32.1. The first-order valence-corrected chi connectivity index (χ1v) is 5.89. The van der Waals surface area contributed by atoms with E-state index in [0.717, 1.165) is 16.5 Å². The minimum Gasteiger partial charge on any atom is -0.331 e. The summed E-state index contributed by atoms with van der Waals surface area (Å²) in [6.45, 7) is 1.41. The summed E-state index contributed by atoms with van der Waals surface area (Å²) in [5, 5.41) is 5.60. The molecule has 0 atom stereocenters. The molecule has 1 amide bonds. The average Bonchev–Trinajstić information content (AvgIpc) is 2.37. The maximum absolute atomic E-state index is 10.8. The summed E-state index contributed by atoms with van der Waals surface area (Å²) in [6.07, 6.45) is 0. The first kappa shape index (κ1) is 12.3. The smallest absolute Gasteiger partial charge is 0.235 e. The Hall–Kier alpha value is -2.14. The van der Waals surface area contributed by atoms with Crippen molar-refractivity contribution in [3.63, 3.8) is 0 Å². The summed E-state index contributed by atoms with van der Waals surface area (Å²) in [5.74, 6) is -0.197. The van der Waals surface area contributed by atoms with Crippen molar-refractivity contribution < 1.29 is 4.79 Å². The number of carbonyl (C=O) groups is 1. The maximum Gasteiger partial charge on any atom is 0.235 e. The number of anilines is 1. The Bertz CT molecular complexity index is 592. The van der Waals surface area contributed by atoms with Crippen LogP contribution in [0.2, 0.25) is 0 Å². The van der Waals surface area contributed by atoms with Crippen LogP contribution < -0.4 is 16.2 Å². The van der Waals surface area contributed by atoms with E-state index in [1.807, 2.05) is 42.5 Å². The lowest BCUT2D eigenvalue weighted by molar-refractivity contribution is -0.119. The van der Waals surface area contributed by atoms with E-state index >= 15 is 0 Å². The van der Waals surface area contributed by atoms with E-state index in [-0.39, 0.29) is 5.91 Å². The molecule has 4 nitrogen and oxygen atoms in total. The van der Waals surface area contributed by atoms with Gasteiger partial charge in [0, 0.05) is 18.0 Å². The molecule has 0 spiro atoms. The summed E-state index contributed by atoms with van der Waals surface area (Å²) < 4.78 is 0. The molecule has 5 heteroatoms. The van der Waals surface area contributed by atoms with Gasteiger partial charge in [0.15, 0.2) is 5.11 Å². The predicted molar refractivity (Wildman–Crippen MR) is 77.1 cm³/mol. The van der Waals surface area contributed by atoms with Gasteiger partial charge in [0.25, 0.3) is 0 Å². The third-order valence-corrected chi connectivity index (χ3v) is 2.59. The van der Waals surface area contributed by atoms with E-state index in [1.165, 1.54) is 6.92 Å². The van der Waals surface area contributed by atoms with E-state index in [2.05, 4.69) is 16.2 Å². The lowest BCUT2D eigenvalue weighted by Crippen LogP contribution is -2.42. The fourth-order valence-electron chi connectivity index (χ4n) is 1.63. The van der Waals surface area contributed by atoms with Crippen molar-refractivity contribution in [2.45, 2.75) is 6.92 Å². The summed E-state index contributed by atoms with van der Waals surface area (Å²) in [7, 11) is 0. The number of hydrazine groups is 1. The van der Waals surface area contributed by atoms with Crippen LogP contribution in [-0.2, 0) is 4.79 Å². The van der Waals surface area contributed by atoms with Gasteiger partial charge in [-0.2, -0.15) is 0 Å². The summed E-state index contributed by atoms with van der Waals surface area (Å²) in [6, 6.07) is 13.9. The van der Waals surface area contributed by atoms with Crippen molar-refractivity contribution in [1.82, 2.24) is 10.9 Å². The number of benzene rings is 2. The second-order valence-corrected chi connectivity index (χ2v) is 4.20. The van der Waals surface area contributed by atoms with Crippen LogP contribution >= 0.6 is 12.2 Å². The quantitative estimate of drug-likeness (QED) is 0.543. The zero-order valence-corrected chi connectivity index (χ0v) is 10.7. The van der Waals surface area contributed by atoms with Gasteiger partial charge in [-0.1, -0.05) is 36.4 Å². The first-order chi connectivity index (χ1) is 8.66. The molecule has 18 heavy (non-hydrogen) atoms. The molecule has 2 aromatic carbocycles.